The predicted octanol–water partition coefficient (Wildman–Crippen LogP) is 3.80. The summed E-state index contributed by atoms with van der Waals surface area (Å²) in [6.07, 6.45) is 2.04. The van der Waals surface area contributed by atoms with Gasteiger partial charge in [-0.3, -0.25) is 9.59 Å². The van der Waals surface area contributed by atoms with Crippen molar-refractivity contribution in [1.29, 1.82) is 0 Å². The highest BCUT2D eigenvalue weighted by Crippen LogP contribution is 2.40. The van der Waals surface area contributed by atoms with Crippen LogP contribution in [-0.4, -0.2) is 11.6 Å². The number of ether oxygens (including phenoxy) is 1. The van der Waals surface area contributed by atoms with Gasteiger partial charge in [0.05, 0.1) is 11.8 Å². The maximum atomic E-state index is 12.6. The molecule has 0 spiro atoms. The molecule has 0 N–H and O–H groups in total. The molecule has 0 radical (unpaired) electrons. The molecule has 1 heterocycles. The Morgan fingerprint density at radius 1 is 0.870 bits per heavy atom. The van der Waals surface area contributed by atoms with Crippen LogP contribution in [0.1, 0.15) is 34.0 Å². The lowest BCUT2D eigenvalue weighted by Gasteiger charge is -2.26. The van der Waals surface area contributed by atoms with Gasteiger partial charge in [0.25, 0.3) is 0 Å². The van der Waals surface area contributed by atoms with Crippen molar-refractivity contribution in [2.75, 3.05) is 0 Å². The average molecular weight is 302 g/mol. The number of rotatable bonds is 2. The molecule has 1 aliphatic carbocycles. The molecule has 112 valence electrons. The summed E-state index contributed by atoms with van der Waals surface area (Å²) in [7, 11) is 0. The molecule has 23 heavy (non-hydrogen) atoms. The van der Waals surface area contributed by atoms with E-state index in [-0.39, 0.29) is 0 Å². The van der Waals surface area contributed by atoms with Crippen LogP contribution in [0.2, 0.25) is 0 Å². The molecule has 1 aliphatic heterocycles. The van der Waals surface area contributed by atoms with Gasteiger partial charge in [0.15, 0.2) is 0 Å². The Labute approximate surface area is 133 Å². The number of allylic oxidation sites excluding steroid dienone is 2. The lowest BCUT2D eigenvalue weighted by atomic mass is 9.81. The van der Waals surface area contributed by atoms with Crippen molar-refractivity contribution in [2.45, 2.75) is 13.3 Å². The largest absolute Gasteiger partial charge is 0.464 e. The number of Topliss-reactive ketones (excluding diaryl/α,β-unsaturated/α-hetero) is 2. The van der Waals surface area contributed by atoms with Crippen LogP contribution in [-0.2, 0) is 16.0 Å². The highest BCUT2D eigenvalue weighted by atomic mass is 16.5. The van der Waals surface area contributed by atoms with Gasteiger partial charge in [-0.05, 0) is 23.6 Å². The van der Waals surface area contributed by atoms with Crippen molar-refractivity contribution >= 4 is 22.9 Å². The lowest BCUT2D eigenvalue weighted by Crippen LogP contribution is -2.27. The Kier molecular flexibility index (Phi) is 3.01. The monoisotopic (exact) mass is 302 g/mol. The molecule has 0 fully saturated rings. The SMILES string of the molecule is CC1=COC2=C(Cc3ccccc3)C(=O)C(=O)c3cccc1c32. The van der Waals surface area contributed by atoms with Gasteiger partial charge in [0.2, 0.25) is 11.6 Å². The summed E-state index contributed by atoms with van der Waals surface area (Å²) in [5.74, 6) is -0.397. The Hall–Kier alpha value is -2.94. The van der Waals surface area contributed by atoms with E-state index in [1.807, 2.05) is 49.4 Å². The number of carbonyl (C=O) groups is 2. The molecular weight excluding hydrogens is 288 g/mol. The summed E-state index contributed by atoms with van der Waals surface area (Å²) < 4.78 is 5.75. The van der Waals surface area contributed by atoms with E-state index in [4.69, 9.17) is 4.74 Å². The van der Waals surface area contributed by atoms with Crippen molar-refractivity contribution in [2.24, 2.45) is 0 Å². The number of ketones is 2. The molecule has 4 rings (SSSR count). The van der Waals surface area contributed by atoms with E-state index in [1.165, 1.54) is 0 Å². The summed E-state index contributed by atoms with van der Waals surface area (Å²) in [5, 5.41) is 0. The fraction of sp³-hybridized carbons (Fsp3) is 0.100. The van der Waals surface area contributed by atoms with Crippen LogP contribution in [0.5, 0.6) is 0 Å². The molecule has 0 atom stereocenters. The molecule has 2 aromatic carbocycles. The first-order chi connectivity index (χ1) is 11.2. The lowest BCUT2D eigenvalue weighted by molar-refractivity contribution is -0.112. The molecule has 0 amide bonds. The first kappa shape index (κ1) is 13.7. The van der Waals surface area contributed by atoms with Crippen molar-refractivity contribution in [1.82, 2.24) is 0 Å². The van der Waals surface area contributed by atoms with Crippen LogP contribution < -0.4 is 0 Å². The summed E-state index contributed by atoms with van der Waals surface area (Å²) in [4.78, 5) is 25.1. The van der Waals surface area contributed by atoms with E-state index in [9.17, 15) is 9.59 Å². The zero-order chi connectivity index (χ0) is 16.0. The van der Waals surface area contributed by atoms with E-state index < -0.39 is 11.6 Å². The zero-order valence-electron chi connectivity index (χ0n) is 12.6. The normalized spacial score (nSPS) is 16.0. The van der Waals surface area contributed by atoms with E-state index in [0.29, 0.717) is 23.3 Å². The number of benzene rings is 2. The van der Waals surface area contributed by atoms with Gasteiger partial charge in [-0.25, -0.2) is 0 Å². The molecule has 0 unspecified atom stereocenters. The van der Waals surface area contributed by atoms with Crippen LogP contribution in [0, 0.1) is 0 Å². The van der Waals surface area contributed by atoms with Crippen LogP contribution in [0.15, 0.2) is 60.4 Å². The summed E-state index contributed by atoms with van der Waals surface area (Å²) in [6, 6.07) is 15.1. The fourth-order valence-corrected chi connectivity index (χ4v) is 3.13. The maximum Gasteiger partial charge on any atom is 0.234 e. The van der Waals surface area contributed by atoms with Gasteiger partial charge in [0, 0.05) is 17.5 Å². The minimum absolute atomic E-state index is 0.390. The molecule has 0 saturated heterocycles. The van der Waals surface area contributed by atoms with Gasteiger partial charge in [0.1, 0.15) is 5.76 Å². The smallest absolute Gasteiger partial charge is 0.234 e. The first-order valence-corrected chi connectivity index (χ1v) is 7.50. The van der Waals surface area contributed by atoms with Gasteiger partial charge in [-0.2, -0.15) is 0 Å². The molecule has 0 aromatic heterocycles. The van der Waals surface area contributed by atoms with Crippen LogP contribution in [0.3, 0.4) is 0 Å². The second-order valence-electron chi connectivity index (χ2n) is 5.78. The summed E-state index contributed by atoms with van der Waals surface area (Å²) >= 11 is 0. The third kappa shape index (κ3) is 2.05. The molecule has 3 heteroatoms. The molecular formula is C20H14O3. The third-order valence-electron chi connectivity index (χ3n) is 4.29. The Morgan fingerprint density at radius 2 is 1.61 bits per heavy atom. The maximum absolute atomic E-state index is 12.6. The van der Waals surface area contributed by atoms with E-state index in [0.717, 1.165) is 22.3 Å². The Bertz CT molecular complexity index is 902. The number of hydrogen-bond acceptors (Lipinski definition) is 3. The summed E-state index contributed by atoms with van der Waals surface area (Å²) in [6.45, 7) is 1.93. The quantitative estimate of drug-likeness (QED) is 0.793. The third-order valence-corrected chi connectivity index (χ3v) is 4.29. The van der Waals surface area contributed by atoms with Crippen LogP contribution in [0.4, 0.5) is 0 Å². The fourth-order valence-electron chi connectivity index (χ4n) is 3.13. The summed E-state index contributed by atoms with van der Waals surface area (Å²) in [5.41, 5.74) is 4.51. The second-order valence-corrected chi connectivity index (χ2v) is 5.78. The van der Waals surface area contributed by atoms with Crippen molar-refractivity contribution in [3.05, 3.63) is 82.6 Å². The van der Waals surface area contributed by atoms with Crippen molar-refractivity contribution in [3.63, 3.8) is 0 Å². The number of carbonyl (C=O) groups excluding carboxylic acids is 2. The van der Waals surface area contributed by atoms with Gasteiger partial charge < -0.3 is 4.74 Å². The standard InChI is InChI=1S/C20H14O3/c1-12-11-23-20-16(10-13-6-3-2-4-7-13)19(22)18(21)15-9-5-8-14(12)17(15)20/h2-9,11H,10H2,1H3. The van der Waals surface area contributed by atoms with E-state index in [2.05, 4.69) is 0 Å². The zero-order valence-corrected chi connectivity index (χ0v) is 12.6. The van der Waals surface area contributed by atoms with Crippen LogP contribution in [0.25, 0.3) is 11.3 Å². The van der Waals surface area contributed by atoms with Gasteiger partial charge in [-0.15, -0.1) is 0 Å². The minimum atomic E-state index is -0.471. The van der Waals surface area contributed by atoms with Crippen molar-refractivity contribution in [3.8, 4) is 0 Å². The number of hydrogen-bond donors (Lipinski definition) is 0. The molecule has 2 aromatic rings. The topological polar surface area (TPSA) is 43.4 Å². The molecule has 0 bridgehead atoms. The molecule has 0 saturated carbocycles. The van der Waals surface area contributed by atoms with Crippen LogP contribution >= 0.6 is 0 Å². The minimum Gasteiger partial charge on any atom is -0.464 e. The second kappa shape index (κ2) is 5.06. The Morgan fingerprint density at radius 3 is 2.39 bits per heavy atom. The van der Waals surface area contributed by atoms with Gasteiger partial charge >= 0.3 is 0 Å². The molecule has 3 nitrogen and oxygen atoms in total. The first-order valence-electron chi connectivity index (χ1n) is 7.50. The predicted molar refractivity (Wildman–Crippen MR) is 87.6 cm³/mol. The van der Waals surface area contributed by atoms with E-state index in [1.54, 1.807) is 12.3 Å². The average Bonchev–Trinajstić information content (AvgIpc) is 2.59. The van der Waals surface area contributed by atoms with Crippen molar-refractivity contribution < 1.29 is 14.3 Å². The van der Waals surface area contributed by atoms with Gasteiger partial charge in [-0.1, -0.05) is 48.5 Å². The highest BCUT2D eigenvalue weighted by molar-refractivity contribution is 6.52. The highest BCUT2D eigenvalue weighted by Gasteiger charge is 2.36. The Balaban J connectivity index is 1.94. The molecule has 2 aliphatic rings. The van der Waals surface area contributed by atoms with E-state index >= 15 is 0 Å².